The fourth-order valence-corrected chi connectivity index (χ4v) is 6.96. The van der Waals surface area contributed by atoms with Crippen LogP contribution in [0.2, 0.25) is 0 Å². The lowest BCUT2D eigenvalue weighted by Crippen LogP contribution is -2.56. The minimum absolute atomic E-state index is 0.118. The number of carboxylic acid groups (broad SMARTS) is 1. The molecule has 0 bridgehead atoms. The Bertz CT molecular complexity index is 2210. The van der Waals surface area contributed by atoms with E-state index in [2.05, 4.69) is 9.97 Å². The molecule has 1 aliphatic heterocycles. The SMILES string of the molecule is CC(C)(C(=O)O)N1CCC(N(Cc2ccc(-c3ccc(C(F)(F)F)cc3)cc2)C(=O)Cc2cccc3nc(CCc4ccc(F)cc4F)[nH]c(=O)c23)CC1. The second-order valence-corrected chi connectivity index (χ2v) is 14.1. The highest BCUT2D eigenvalue weighted by molar-refractivity contribution is 5.88. The minimum atomic E-state index is -4.44. The van der Waals surface area contributed by atoms with E-state index >= 15 is 0 Å². The second-order valence-electron chi connectivity index (χ2n) is 14.1. The Hall–Kier alpha value is -5.43. The number of hydrogen-bond acceptors (Lipinski definition) is 5. The molecule has 0 aliphatic carbocycles. The molecule has 0 unspecified atom stereocenters. The van der Waals surface area contributed by atoms with Crippen LogP contribution in [0.4, 0.5) is 22.0 Å². The van der Waals surface area contributed by atoms with Gasteiger partial charge >= 0.3 is 12.1 Å². The first-order valence-corrected chi connectivity index (χ1v) is 17.6. The zero-order chi connectivity index (χ0) is 38.8. The number of aromatic amines is 1. The number of hydrogen-bond donors (Lipinski definition) is 2. The maximum Gasteiger partial charge on any atom is 0.416 e. The normalized spacial score (nSPS) is 14.4. The lowest BCUT2D eigenvalue weighted by molar-refractivity contribution is -0.151. The summed E-state index contributed by atoms with van der Waals surface area (Å²) in [6.07, 6.45) is -3.15. The number of piperidine rings is 1. The van der Waals surface area contributed by atoms with E-state index < -0.39 is 40.4 Å². The van der Waals surface area contributed by atoms with Crippen LogP contribution in [0.5, 0.6) is 0 Å². The van der Waals surface area contributed by atoms with Crippen molar-refractivity contribution in [2.45, 2.75) is 70.3 Å². The van der Waals surface area contributed by atoms with Crippen LogP contribution < -0.4 is 5.56 Å². The molecule has 8 nitrogen and oxygen atoms in total. The zero-order valence-corrected chi connectivity index (χ0v) is 29.7. The van der Waals surface area contributed by atoms with E-state index in [9.17, 15) is 41.4 Å². The van der Waals surface area contributed by atoms with Crippen molar-refractivity contribution in [3.63, 3.8) is 0 Å². The number of benzene rings is 4. The van der Waals surface area contributed by atoms with Gasteiger partial charge in [-0.25, -0.2) is 13.8 Å². The van der Waals surface area contributed by atoms with Gasteiger partial charge in [0.15, 0.2) is 0 Å². The molecule has 2 N–H and O–H groups in total. The number of carbonyl (C=O) groups is 2. The highest BCUT2D eigenvalue weighted by Gasteiger charge is 2.38. The van der Waals surface area contributed by atoms with Crippen LogP contribution in [-0.2, 0) is 41.6 Å². The molecule has 5 aromatic rings. The number of aliphatic carboxylic acids is 1. The average molecular weight is 747 g/mol. The van der Waals surface area contributed by atoms with Gasteiger partial charge in [-0.05, 0) is 85.2 Å². The molecule has 1 saturated heterocycles. The van der Waals surface area contributed by atoms with Crippen molar-refractivity contribution in [3.8, 4) is 11.1 Å². The molecule has 0 spiro atoms. The van der Waals surface area contributed by atoms with Crippen molar-refractivity contribution in [3.05, 3.63) is 135 Å². The largest absolute Gasteiger partial charge is 0.480 e. The molecule has 4 aromatic carbocycles. The van der Waals surface area contributed by atoms with Crippen LogP contribution in [0, 0.1) is 11.6 Å². The van der Waals surface area contributed by atoms with Crippen LogP contribution in [0.15, 0.2) is 89.7 Å². The van der Waals surface area contributed by atoms with E-state index in [4.69, 9.17) is 0 Å². The van der Waals surface area contributed by atoms with Crippen molar-refractivity contribution in [1.29, 1.82) is 0 Å². The number of nitrogens with zero attached hydrogens (tertiary/aromatic N) is 3. The smallest absolute Gasteiger partial charge is 0.416 e. The van der Waals surface area contributed by atoms with E-state index in [0.29, 0.717) is 54.0 Å². The van der Waals surface area contributed by atoms with Crippen LogP contribution in [0.3, 0.4) is 0 Å². The third-order valence-electron chi connectivity index (χ3n) is 10.2. The number of likely N-dealkylation sites (tertiary alicyclic amines) is 1. The van der Waals surface area contributed by atoms with Crippen molar-refractivity contribution in [2.24, 2.45) is 0 Å². The van der Waals surface area contributed by atoms with Crippen molar-refractivity contribution in [2.75, 3.05) is 13.1 Å². The molecule has 13 heteroatoms. The van der Waals surface area contributed by atoms with Crippen molar-refractivity contribution in [1.82, 2.24) is 19.8 Å². The minimum Gasteiger partial charge on any atom is -0.480 e. The standard InChI is InChI=1S/C41H39F5N4O4/c1-40(2,39(53)54)49-20-18-32(19-21-49)50(24-25-6-8-26(9-7-25)27-10-14-30(15-11-27)41(44,45)46)36(51)22-29-4-3-5-34-37(29)38(52)48-35(47-34)17-13-28-12-16-31(42)23-33(28)43/h3-12,14-16,23,32H,13,17-22,24H2,1-2H3,(H,53,54)(H,47,48,52). The highest BCUT2D eigenvalue weighted by atomic mass is 19.4. The fourth-order valence-electron chi connectivity index (χ4n) is 6.96. The van der Waals surface area contributed by atoms with Gasteiger partial charge in [-0.1, -0.05) is 54.6 Å². The number of halogens is 5. The number of carboxylic acids is 1. The summed E-state index contributed by atoms with van der Waals surface area (Å²) in [7, 11) is 0. The van der Waals surface area contributed by atoms with Gasteiger partial charge in [0.2, 0.25) is 5.91 Å². The van der Waals surface area contributed by atoms with Crippen LogP contribution in [-0.4, -0.2) is 61.4 Å². The summed E-state index contributed by atoms with van der Waals surface area (Å²) >= 11 is 0. The van der Waals surface area contributed by atoms with E-state index in [-0.39, 0.29) is 48.7 Å². The first-order chi connectivity index (χ1) is 25.6. The predicted molar refractivity (Wildman–Crippen MR) is 194 cm³/mol. The van der Waals surface area contributed by atoms with Crippen LogP contribution in [0.1, 0.15) is 54.8 Å². The van der Waals surface area contributed by atoms with Gasteiger partial charge in [0.1, 0.15) is 23.0 Å². The Morgan fingerprint density at radius 3 is 2.15 bits per heavy atom. The van der Waals surface area contributed by atoms with E-state index in [1.165, 1.54) is 24.3 Å². The van der Waals surface area contributed by atoms with Gasteiger partial charge in [-0.15, -0.1) is 0 Å². The lowest BCUT2D eigenvalue weighted by Gasteiger charge is -2.43. The molecular formula is C41H39F5N4O4. The topological polar surface area (TPSA) is 107 Å². The molecule has 0 saturated carbocycles. The number of fused-ring (bicyclic) bond motifs is 1. The highest BCUT2D eigenvalue weighted by Crippen LogP contribution is 2.32. The molecule has 54 heavy (non-hydrogen) atoms. The fraction of sp³-hybridized carbons (Fsp3) is 0.317. The molecular weight excluding hydrogens is 707 g/mol. The Labute approximate surface area is 308 Å². The molecule has 1 aromatic heterocycles. The predicted octanol–water partition coefficient (Wildman–Crippen LogP) is 7.57. The molecule has 0 radical (unpaired) electrons. The van der Waals surface area contributed by atoms with Gasteiger partial charge in [0.05, 0.1) is 22.9 Å². The monoisotopic (exact) mass is 746 g/mol. The van der Waals surface area contributed by atoms with Gasteiger partial charge in [-0.3, -0.25) is 19.3 Å². The van der Waals surface area contributed by atoms with Gasteiger partial charge < -0.3 is 15.0 Å². The summed E-state index contributed by atoms with van der Waals surface area (Å²) in [5.41, 5.74) is 0.942. The Balaban J connectivity index is 1.23. The summed E-state index contributed by atoms with van der Waals surface area (Å²) < 4.78 is 66.8. The number of alkyl halides is 3. The van der Waals surface area contributed by atoms with Crippen LogP contribution >= 0.6 is 0 Å². The quantitative estimate of drug-likeness (QED) is 0.135. The van der Waals surface area contributed by atoms with Crippen LogP contribution in [0.25, 0.3) is 22.0 Å². The average Bonchev–Trinajstić information content (AvgIpc) is 3.13. The van der Waals surface area contributed by atoms with E-state index in [1.54, 1.807) is 49.1 Å². The number of aromatic nitrogens is 2. The molecule has 282 valence electrons. The maximum atomic E-state index is 14.3. The van der Waals surface area contributed by atoms with E-state index in [0.717, 1.165) is 23.8 Å². The number of nitrogens with one attached hydrogen (secondary N) is 1. The summed E-state index contributed by atoms with van der Waals surface area (Å²) in [5, 5.41) is 10.0. The molecule has 1 fully saturated rings. The molecule has 1 aliphatic rings. The molecule has 6 rings (SSSR count). The third kappa shape index (κ3) is 8.52. The van der Waals surface area contributed by atoms with Crippen molar-refractivity contribution >= 4 is 22.8 Å². The number of H-pyrrole nitrogens is 1. The summed E-state index contributed by atoms with van der Waals surface area (Å²) in [4.78, 5) is 50.6. The van der Waals surface area contributed by atoms with Crippen molar-refractivity contribution < 1.29 is 36.6 Å². The Kier molecular flexibility index (Phi) is 11.0. The Morgan fingerprint density at radius 1 is 0.889 bits per heavy atom. The Morgan fingerprint density at radius 2 is 1.54 bits per heavy atom. The number of aryl methyl sites for hydroxylation is 2. The summed E-state index contributed by atoms with van der Waals surface area (Å²) in [6, 6.07) is 20.3. The second kappa shape index (κ2) is 15.5. The third-order valence-corrected chi connectivity index (χ3v) is 10.2. The maximum absolute atomic E-state index is 14.3. The van der Waals surface area contributed by atoms with Gasteiger partial charge in [0, 0.05) is 38.2 Å². The molecule has 2 heterocycles. The number of amides is 1. The number of carbonyl (C=O) groups excluding carboxylic acids is 1. The lowest BCUT2D eigenvalue weighted by atomic mass is 9.94. The number of rotatable bonds is 11. The van der Waals surface area contributed by atoms with Gasteiger partial charge in [-0.2, -0.15) is 13.2 Å². The first kappa shape index (κ1) is 38.3. The summed E-state index contributed by atoms with van der Waals surface area (Å²) in [6.45, 7) is 4.40. The zero-order valence-electron chi connectivity index (χ0n) is 29.7. The first-order valence-electron chi connectivity index (χ1n) is 17.6. The molecule has 0 atom stereocenters. The molecule has 1 amide bonds. The van der Waals surface area contributed by atoms with Gasteiger partial charge in [0.25, 0.3) is 5.56 Å². The summed E-state index contributed by atoms with van der Waals surface area (Å²) in [5.74, 6) is -2.24. The van der Waals surface area contributed by atoms with E-state index in [1.807, 2.05) is 17.0 Å².